The average molecular weight is 276 g/mol. The summed E-state index contributed by atoms with van der Waals surface area (Å²) < 4.78 is 4.10. The molecule has 0 amide bonds. The van der Waals surface area contributed by atoms with Gasteiger partial charge in [0, 0.05) is 25.2 Å². The van der Waals surface area contributed by atoms with Gasteiger partial charge >= 0.3 is 0 Å². The summed E-state index contributed by atoms with van der Waals surface area (Å²) in [6.07, 6.45) is 5.33. The lowest BCUT2D eigenvalue weighted by Gasteiger charge is -2.15. The van der Waals surface area contributed by atoms with Crippen molar-refractivity contribution >= 4 is 0 Å². The Balaban J connectivity index is 2.06. The number of aliphatic hydroxyl groups excluding tert-OH is 1. The molecule has 0 saturated carbocycles. The molecular formula is C15H24N4O. The van der Waals surface area contributed by atoms with Crippen LogP contribution in [0.2, 0.25) is 0 Å². The zero-order valence-electron chi connectivity index (χ0n) is 12.8. The highest BCUT2D eigenvalue weighted by Gasteiger charge is 2.12. The summed E-state index contributed by atoms with van der Waals surface area (Å²) in [4.78, 5) is 8.92. The number of aliphatic hydroxyl groups is 1. The molecule has 2 aromatic rings. The van der Waals surface area contributed by atoms with Crippen LogP contribution in [0.5, 0.6) is 0 Å². The molecular weight excluding hydrogens is 252 g/mol. The molecule has 5 nitrogen and oxygen atoms in total. The first-order chi connectivity index (χ1) is 9.53. The molecule has 2 heterocycles. The molecule has 2 aromatic heterocycles. The largest absolute Gasteiger partial charge is 0.389 e. The van der Waals surface area contributed by atoms with E-state index in [1.165, 1.54) is 0 Å². The van der Waals surface area contributed by atoms with E-state index in [2.05, 4.69) is 32.9 Å². The molecule has 0 spiro atoms. The minimum absolute atomic E-state index is 0.437. The van der Waals surface area contributed by atoms with Crippen LogP contribution in [0.1, 0.15) is 36.9 Å². The zero-order valence-corrected chi connectivity index (χ0v) is 12.8. The van der Waals surface area contributed by atoms with Crippen LogP contribution in [0.15, 0.2) is 12.4 Å². The van der Waals surface area contributed by atoms with Gasteiger partial charge in [0.05, 0.1) is 30.6 Å². The summed E-state index contributed by atoms with van der Waals surface area (Å²) in [5.41, 5.74) is 2.00. The van der Waals surface area contributed by atoms with Crippen molar-refractivity contribution in [3.8, 4) is 0 Å². The van der Waals surface area contributed by atoms with Crippen molar-refractivity contribution in [2.45, 2.75) is 59.7 Å². The quantitative estimate of drug-likeness (QED) is 0.876. The first-order valence-corrected chi connectivity index (χ1v) is 7.26. The molecule has 20 heavy (non-hydrogen) atoms. The van der Waals surface area contributed by atoms with Gasteiger partial charge in [-0.05, 0) is 13.8 Å². The normalized spacial score (nSPS) is 11.5. The van der Waals surface area contributed by atoms with Crippen LogP contribution in [0.3, 0.4) is 0 Å². The lowest BCUT2D eigenvalue weighted by Crippen LogP contribution is -2.23. The van der Waals surface area contributed by atoms with E-state index in [1.807, 2.05) is 26.2 Å². The van der Waals surface area contributed by atoms with Gasteiger partial charge in [-0.25, -0.2) is 9.97 Å². The number of hydrogen-bond donors (Lipinski definition) is 1. The molecule has 0 fully saturated rings. The number of nitrogens with zero attached hydrogens (tertiary/aromatic N) is 4. The zero-order chi connectivity index (χ0) is 14.7. The van der Waals surface area contributed by atoms with E-state index in [0.717, 1.165) is 35.9 Å². The maximum Gasteiger partial charge on any atom is 0.108 e. The molecule has 0 bridgehead atoms. The van der Waals surface area contributed by atoms with Crippen LogP contribution in [0.25, 0.3) is 0 Å². The summed E-state index contributed by atoms with van der Waals surface area (Å²) in [5.74, 6) is 2.05. The predicted octanol–water partition coefficient (Wildman–Crippen LogP) is 1.88. The molecule has 110 valence electrons. The van der Waals surface area contributed by atoms with Crippen molar-refractivity contribution in [1.82, 2.24) is 19.1 Å². The Bertz CT molecular complexity index is 520. The summed E-state index contributed by atoms with van der Waals surface area (Å²) in [6, 6.07) is 0. The van der Waals surface area contributed by atoms with Gasteiger partial charge in [0.2, 0.25) is 0 Å². The van der Waals surface area contributed by atoms with Crippen LogP contribution >= 0.6 is 0 Å². The SMILES string of the molecule is CCc1nc(C)cn1CC(O)Cn1cc(C)nc1CC. The summed E-state index contributed by atoms with van der Waals surface area (Å²) in [5, 5.41) is 10.3. The second-order valence-electron chi connectivity index (χ2n) is 5.26. The maximum atomic E-state index is 10.3. The van der Waals surface area contributed by atoms with Crippen molar-refractivity contribution in [2.75, 3.05) is 0 Å². The Hall–Kier alpha value is -1.62. The lowest BCUT2D eigenvalue weighted by atomic mass is 10.3. The third-order valence-electron chi connectivity index (χ3n) is 3.41. The third-order valence-corrected chi connectivity index (χ3v) is 3.41. The summed E-state index contributed by atoms with van der Waals surface area (Å²) >= 11 is 0. The van der Waals surface area contributed by atoms with E-state index in [1.54, 1.807) is 0 Å². The van der Waals surface area contributed by atoms with Gasteiger partial charge in [0.1, 0.15) is 11.6 Å². The molecule has 0 aliphatic heterocycles. The number of rotatable bonds is 6. The maximum absolute atomic E-state index is 10.3. The molecule has 2 rings (SSSR count). The topological polar surface area (TPSA) is 55.9 Å². The molecule has 0 unspecified atom stereocenters. The fourth-order valence-corrected chi connectivity index (χ4v) is 2.59. The number of hydrogen-bond acceptors (Lipinski definition) is 3. The Morgan fingerprint density at radius 3 is 1.70 bits per heavy atom. The Morgan fingerprint density at radius 1 is 0.950 bits per heavy atom. The predicted molar refractivity (Wildman–Crippen MR) is 78.7 cm³/mol. The van der Waals surface area contributed by atoms with Crippen LogP contribution in [0, 0.1) is 13.8 Å². The Labute approximate surface area is 120 Å². The lowest BCUT2D eigenvalue weighted by molar-refractivity contribution is 0.132. The van der Waals surface area contributed by atoms with Gasteiger partial charge in [0.25, 0.3) is 0 Å². The number of aromatic nitrogens is 4. The van der Waals surface area contributed by atoms with E-state index in [4.69, 9.17) is 0 Å². The molecule has 0 aromatic carbocycles. The Morgan fingerprint density at radius 2 is 1.35 bits per heavy atom. The van der Waals surface area contributed by atoms with Crippen LogP contribution < -0.4 is 0 Å². The fraction of sp³-hybridized carbons (Fsp3) is 0.600. The first kappa shape index (κ1) is 14.8. The van der Waals surface area contributed by atoms with Crippen LogP contribution in [-0.4, -0.2) is 30.3 Å². The van der Waals surface area contributed by atoms with E-state index in [0.29, 0.717) is 13.1 Å². The van der Waals surface area contributed by atoms with Crippen molar-refractivity contribution in [1.29, 1.82) is 0 Å². The van der Waals surface area contributed by atoms with Crippen molar-refractivity contribution in [2.24, 2.45) is 0 Å². The molecule has 1 N–H and O–H groups in total. The van der Waals surface area contributed by atoms with Gasteiger partial charge in [-0.1, -0.05) is 13.8 Å². The second kappa shape index (κ2) is 6.22. The highest BCUT2D eigenvalue weighted by molar-refractivity contribution is 5.04. The minimum atomic E-state index is -0.437. The van der Waals surface area contributed by atoms with Gasteiger partial charge in [-0.3, -0.25) is 0 Å². The van der Waals surface area contributed by atoms with Gasteiger partial charge in [-0.2, -0.15) is 0 Å². The fourth-order valence-electron chi connectivity index (χ4n) is 2.59. The number of aryl methyl sites for hydroxylation is 4. The molecule has 5 heteroatoms. The minimum Gasteiger partial charge on any atom is -0.389 e. The molecule has 0 aliphatic rings. The molecule has 0 atom stereocenters. The van der Waals surface area contributed by atoms with Crippen molar-refractivity contribution < 1.29 is 5.11 Å². The van der Waals surface area contributed by atoms with E-state index in [-0.39, 0.29) is 0 Å². The third kappa shape index (κ3) is 3.28. The van der Waals surface area contributed by atoms with Gasteiger partial charge < -0.3 is 14.2 Å². The molecule has 0 saturated heterocycles. The van der Waals surface area contributed by atoms with Crippen molar-refractivity contribution in [3.63, 3.8) is 0 Å². The molecule has 0 aliphatic carbocycles. The number of imidazole rings is 2. The smallest absolute Gasteiger partial charge is 0.108 e. The highest BCUT2D eigenvalue weighted by atomic mass is 16.3. The molecule has 0 radical (unpaired) electrons. The van der Waals surface area contributed by atoms with E-state index < -0.39 is 6.10 Å². The standard InChI is InChI=1S/C15H24N4O/c1-5-14-16-11(3)7-18(14)9-13(20)10-19-8-12(4)17-15(19)6-2/h7-8,13,20H,5-6,9-10H2,1-4H3. The van der Waals surface area contributed by atoms with Crippen LogP contribution in [0.4, 0.5) is 0 Å². The second-order valence-corrected chi connectivity index (χ2v) is 5.26. The van der Waals surface area contributed by atoms with E-state index >= 15 is 0 Å². The summed E-state index contributed by atoms with van der Waals surface area (Å²) in [7, 11) is 0. The Kier molecular flexibility index (Phi) is 4.60. The van der Waals surface area contributed by atoms with Crippen LogP contribution in [-0.2, 0) is 25.9 Å². The monoisotopic (exact) mass is 276 g/mol. The van der Waals surface area contributed by atoms with Gasteiger partial charge in [-0.15, -0.1) is 0 Å². The summed E-state index contributed by atoms with van der Waals surface area (Å²) in [6.45, 7) is 9.28. The van der Waals surface area contributed by atoms with Gasteiger partial charge in [0.15, 0.2) is 0 Å². The average Bonchev–Trinajstić information content (AvgIpc) is 2.91. The first-order valence-electron chi connectivity index (χ1n) is 7.26. The highest BCUT2D eigenvalue weighted by Crippen LogP contribution is 2.09. The van der Waals surface area contributed by atoms with E-state index in [9.17, 15) is 5.11 Å². The van der Waals surface area contributed by atoms with Crippen molar-refractivity contribution in [3.05, 3.63) is 35.4 Å².